The summed E-state index contributed by atoms with van der Waals surface area (Å²) in [5.74, 6) is -0.899. The fourth-order valence-electron chi connectivity index (χ4n) is 3.42. The Morgan fingerprint density at radius 1 is 1.14 bits per heavy atom. The largest absolute Gasteiger partial charge is 0.375 e. The second-order valence-corrected chi connectivity index (χ2v) is 7.50. The Morgan fingerprint density at radius 2 is 1.86 bits per heavy atom. The number of halogens is 1. The van der Waals surface area contributed by atoms with Gasteiger partial charge in [-0.1, -0.05) is 29.8 Å². The van der Waals surface area contributed by atoms with Gasteiger partial charge in [0.05, 0.1) is 0 Å². The summed E-state index contributed by atoms with van der Waals surface area (Å²) >= 11 is 5.90. The first-order chi connectivity index (χ1) is 13.6. The summed E-state index contributed by atoms with van der Waals surface area (Å²) in [6, 6.07) is 17.3. The molecule has 0 aromatic heterocycles. The number of carbonyl (C=O) groups is 2. The maximum absolute atomic E-state index is 12.6. The van der Waals surface area contributed by atoms with Crippen LogP contribution in [0.3, 0.4) is 0 Å². The van der Waals surface area contributed by atoms with Crippen molar-refractivity contribution in [3.63, 3.8) is 0 Å². The number of nitrogens with one attached hydrogen (secondary N) is 1. The number of para-hydroxylation sites is 1. The van der Waals surface area contributed by atoms with E-state index in [1.807, 2.05) is 30.3 Å². The fourth-order valence-corrected chi connectivity index (χ4v) is 3.55. The second kappa shape index (κ2) is 9.60. The Morgan fingerprint density at radius 3 is 2.57 bits per heavy atom. The molecule has 0 saturated carbocycles. The van der Waals surface area contributed by atoms with Crippen LogP contribution in [0.15, 0.2) is 54.6 Å². The predicted octanol–water partition coefficient (Wildman–Crippen LogP) is 3.73. The minimum atomic E-state index is -0.595. The lowest BCUT2D eigenvalue weighted by atomic mass is 10.1. The smallest absolute Gasteiger partial charge is 0.239 e. The number of carbonyl (C=O) groups excluding carboxylic acids is 2. The van der Waals surface area contributed by atoms with Crippen molar-refractivity contribution >= 4 is 34.8 Å². The molecule has 0 bridgehead atoms. The minimum absolute atomic E-state index is 0.136. The molecule has 1 N–H and O–H groups in total. The molecular formula is C22H26ClN3O2. The number of hydrogen-bond acceptors (Lipinski definition) is 3. The molecule has 2 amide bonds. The molecular weight excluding hydrogens is 374 g/mol. The molecule has 0 radical (unpaired) electrons. The third-order valence-corrected chi connectivity index (χ3v) is 5.33. The van der Waals surface area contributed by atoms with Crippen LogP contribution in [0.2, 0.25) is 5.02 Å². The van der Waals surface area contributed by atoms with Crippen molar-refractivity contribution in [2.45, 2.75) is 19.3 Å². The maximum atomic E-state index is 12.6. The molecule has 148 valence electrons. The molecule has 0 aliphatic carbocycles. The van der Waals surface area contributed by atoms with Gasteiger partial charge in [-0.25, -0.2) is 0 Å². The molecule has 28 heavy (non-hydrogen) atoms. The standard InChI is InChI=1S/C22H26ClN3O2/c1-25(18-7-3-2-4-8-18)15-6-5-14-24-21(27)20-13-16-26(22(20)28)19-11-9-17(23)10-12-19/h2-4,7-12,20H,5-6,13-16H2,1H3,(H,24,27). The number of rotatable bonds is 8. The van der Waals surface area contributed by atoms with Gasteiger partial charge in [0.1, 0.15) is 5.92 Å². The van der Waals surface area contributed by atoms with E-state index in [0.29, 0.717) is 24.5 Å². The van der Waals surface area contributed by atoms with Gasteiger partial charge in [0.25, 0.3) is 0 Å². The van der Waals surface area contributed by atoms with Crippen LogP contribution in [-0.2, 0) is 9.59 Å². The van der Waals surface area contributed by atoms with Crippen molar-refractivity contribution in [1.29, 1.82) is 0 Å². The highest BCUT2D eigenvalue weighted by molar-refractivity contribution is 6.30. The first kappa shape index (κ1) is 20.2. The quantitative estimate of drug-likeness (QED) is 0.543. The molecule has 2 aromatic rings. The van der Waals surface area contributed by atoms with Gasteiger partial charge >= 0.3 is 0 Å². The van der Waals surface area contributed by atoms with Crippen LogP contribution >= 0.6 is 11.6 Å². The molecule has 5 nitrogen and oxygen atoms in total. The highest BCUT2D eigenvalue weighted by atomic mass is 35.5. The average molecular weight is 400 g/mol. The Bertz CT molecular complexity index is 795. The first-order valence-corrected chi connectivity index (χ1v) is 10.0. The zero-order valence-corrected chi connectivity index (χ0v) is 16.9. The zero-order valence-electron chi connectivity index (χ0n) is 16.1. The molecule has 6 heteroatoms. The Labute approximate surface area is 171 Å². The van der Waals surface area contributed by atoms with Crippen molar-refractivity contribution in [3.8, 4) is 0 Å². The van der Waals surface area contributed by atoms with E-state index in [-0.39, 0.29) is 11.8 Å². The molecule has 1 aliphatic heterocycles. The van der Waals surface area contributed by atoms with Gasteiger partial charge < -0.3 is 15.1 Å². The van der Waals surface area contributed by atoms with Crippen LogP contribution in [0.5, 0.6) is 0 Å². The average Bonchev–Trinajstić information content (AvgIpc) is 3.10. The van der Waals surface area contributed by atoms with E-state index < -0.39 is 5.92 Å². The lowest BCUT2D eigenvalue weighted by molar-refractivity contribution is -0.132. The Balaban J connectivity index is 1.39. The van der Waals surface area contributed by atoms with Crippen LogP contribution in [0.4, 0.5) is 11.4 Å². The molecule has 1 heterocycles. The Hall–Kier alpha value is -2.53. The lowest BCUT2D eigenvalue weighted by Gasteiger charge is -2.19. The van der Waals surface area contributed by atoms with Gasteiger partial charge in [-0.3, -0.25) is 9.59 Å². The first-order valence-electron chi connectivity index (χ1n) is 9.67. The van der Waals surface area contributed by atoms with E-state index in [9.17, 15) is 9.59 Å². The normalized spacial score (nSPS) is 16.3. The number of amides is 2. The number of benzene rings is 2. The molecule has 1 atom stereocenters. The van der Waals surface area contributed by atoms with E-state index in [1.165, 1.54) is 5.69 Å². The van der Waals surface area contributed by atoms with Crippen molar-refractivity contribution < 1.29 is 9.59 Å². The zero-order chi connectivity index (χ0) is 19.9. The minimum Gasteiger partial charge on any atom is -0.375 e. The van der Waals surface area contributed by atoms with Crippen LogP contribution < -0.4 is 15.1 Å². The topological polar surface area (TPSA) is 52.7 Å². The van der Waals surface area contributed by atoms with Crippen LogP contribution in [0, 0.1) is 5.92 Å². The summed E-state index contributed by atoms with van der Waals surface area (Å²) in [4.78, 5) is 28.9. The third-order valence-electron chi connectivity index (χ3n) is 5.08. The van der Waals surface area contributed by atoms with Gasteiger partial charge in [0.2, 0.25) is 11.8 Å². The summed E-state index contributed by atoms with van der Waals surface area (Å²) < 4.78 is 0. The van der Waals surface area contributed by atoms with Crippen LogP contribution in [0.1, 0.15) is 19.3 Å². The molecule has 3 rings (SSSR count). The van der Waals surface area contributed by atoms with E-state index in [0.717, 1.165) is 25.1 Å². The molecule has 2 aromatic carbocycles. The van der Waals surface area contributed by atoms with Gasteiger partial charge in [-0.05, 0) is 55.7 Å². The molecule has 1 aliphatic rings. The van der Waals surface area contributed by atoms with Crippen LogP contribution in [0.25, 0.3) is 0 Å². The van der Waals surface area contributed by atoms with Gasteiger partial charge in [-0.2, -0.15) is 0 Å². The Kier molecular flexibility index (Phi) is 6.93. The van der Waals surface area contributed by atoms with E-state index >= 15 is 0 Å². The van der Waals surface area contributed by atoms with Crippen LogP contribution in [-0.4, -0.2) is 38.5 Å². The van der Waals surface area contributed by atoms with E-state index in [1.54, 1.807) is 17.0 Å². The predicted molar refractivity (Wildman–Crippen MR) is 114 cm³/mol. The second-order valence-electron chi connectivity index (χ2n) is 7.06. The number of nitrogens with zero attached hydrogens (tertiary/aromatic N) is 2. The van der Waals surface area contributed by atoms with Crippen molar-refractivity contribution in [1.82, 2.24) is 5.32 Å². The number of unbranched alkanes of at least 4 members (excludes halogenated alkanes) is 1. The lowest BCUT2D eigenvalue weighted by Crippen LogP contribution is -2.37. The van der Waals surface area contributed by atoms with Crippen molar-refractivity contribution in [2.24, 2.45) is 5.92 Å². The van der Waals surface area contributed by atoms with Gasteiger partial charge in [-0.15, -0.1) is 0 Å². The molecule has 1 unspecified atom stereocenters. The maximum Gasteiger partial charge on any atom is 0.239 e. The number of anilines is 2. The SMILES string of the molecule is CN(CCCCNC(=O)C1CCN(c2ccc(Cl)cc2)C1=O)c1ccccc1. The number of hydrogen-bond donors (Lipinski definition) is 1. The van der Waals surface area contributed by atoms with Crippen molar-refractivity contribution in [2.75, 3.05) is 36.5 Å². The highest BCUT2D eigenvalue weighted by Gasteiger charge is 2.37. The summed E-state index contributed by atoms with van der Waals surface area (Å²) in [5, 5.41) is 3.55. The third kappa shape index (κ3) is 5.04. The summed E-state index contributed by atoms with van der Waals surface area (Å²) in [6.45, 7) is 2.07. The fraction of sp³-hybridized carbons (Fsp3) is 0.364. The monoisotopic (exact) mass is 399 g/mol. The van der Waals surface area contributed by atoms with E-state index in [2.05, 4.69) is 29.4 Å². The summed E-state index contributed by atoms with van der Waals surface area (Å²) in [5.41, 5.74) is 1.97. The van der Waals surface area contributed by atoms with Crippen molar-refractivity contribution in [3.05, 3.63) is 59.6 Å². The highest BCUT2D eigenvalue weighted by Crippen LogP contribution is 2.26. The summed E-state index contributed by atoms with van der Waals surface area (Å²) in [7, 11) is 2.07. The van der Waals surface area contributed by atoms with Gasteiger partial charge in [0.15, 0.2) is 0 Å². The molecule has 1 fully saturated rings. The van der Waals surface area contributed by atoms with Gasteiger partial charge in [0, 0.05) is 43.1 Å². The molecule has 0 spiro atoms. The molecule has 1 saturated heterocycles. The summed E-state index contributed by atoms with van der Waals surface area (Å²) in [6.07, 6.45) is 2.40. The van der Waals surface area contributed by atoms with E-state index in [4.69, 9.17) is 11.6 Å².